The zero-order valence-electron chi connectivity index (χ0n) is 9.20. The molecule has 0 fully saturated rings. The molecule has 0 heterocycles. The normalized spacial score (nSPS) is 9.62. The average Bonchev–Trinajstić information content (AvgIpc) is 2.17. The zero-order chi connectivity index (χ0) is 12.1. The van der Waals surface area contributed by atoms with Crippen LogP contribution in [0, 0.1) is 6.92 Å². The Morgan fingerprint density at radius 2 is 2.06 bits per heavy atom. The number of carbonyl (C=O) groups excluding carboxylic acids is 1. The zero-order valence-corrected chi connectivity index (χ0v) is 9.20. The van der Waals surface area contributed by atoms with E-state index < -0.39 is 12.0 Å². The highest BCUT2D eigenvalue weighted by atomic mass is 16.4. The molecular formula is C11H14N2O3. The molecule has 0 atom stereocenters. The first-order chi connectivity index (χ1) is 7.56. The van der Waals surface area contributed by atoms with Gasteiger partial charge >= 0.3 is 12.0 Å². The molecule has 1 aromatic carbocycles. The second kappa shape index (κ2) is 5.16. The molecule has 1 aromatic rings. The van der Waals surface area contributed by atoms with Crippen molar-refractivity contribution in [1.82, 2.24) is 5.32 Å². The molecule has 0 aliphatic rings. The van der Waals surface area contributed by atoms with Crippen LogP contribution in [0.5, 0.6) is 0 Å². The van der Waals surface area contributed by atoms with Crippen LogP contribution in [0.1, 0.15) is 22.8 Å². The molecule has 0 radical (unpaired) electrons. The summed E-state index contributed by atoms with van der Waals surface area (Å²) in [4.78, 5) is 22.3. The summed E-state index contributed by atoms with van der Waals surface area (Å²) >= 11 is 0. The molecule has 0 saturated heterocycles. The lowest BCUT2D eigenvalue weighted by Crippen LogP contribution is -2.29. The number of anilines is 1. The number of rotatable bonds is 3. The Bertz CT molecular complexity index is 416. The van der Waals surface area contributed by atoms with Crippen LogP contribution in [0.15, 0.2) is 18.2 Å². The van der Waals surface area contributed by atoms with Crippen LogP contribution in [0.3, 0.4) is 0 Å². The summed E-state index contributed by atoms with van der Waals surface area (Å²) in [5, 5.41) is 14.1. The number of carbonyl (C=O) groups is 2. The summed E-state index contributed by atoms with van der Waals surface area (Å²) in [6.07, 6.45) is 0. The number of hydrogen-bond acceptors (Lipinski definition) is 2. The minimum atomic E-state index is -1.05. The number of aromatic carboxylic acids is 1. The molecule has 5 nitrogen and oxygen atoms in total. The molecule has 0 bridgehead atoms. The highest BCUT2D eigenvalue weighted by Gasteiger charge is 2.14. The van der Waals surface area contributed by atoms with Gasteiger partial charge in [0, 0.05) is 6.54 Å². The maximum Gasteiger partial charge on any atom is 0.338 e. The van der Waals surface area contributed by atoms with Crippen molar-refractivity contribution in [2.75, 3.05) is 11.9 Å². The van der Waals surface area contributed by atoms with Crippen LogP contribution in [0.25, 0.3) is 0 Å². The fraction of sp³-hybridized carbons (Fsp3) is 0.273. The molecule has 16 heavy (non-hydrogen) atoms. The number of carboxylic acid groups (broad SMARTS) is 1. The van der Waals surface area contributed by atoms with E-state index in [0.29, 0.717) is 17.8 Å². The van der Waals surface area contributed by atoms with E-state index in [-0.39, 0.29) is 5.56 Å². The van der Waals surface area contributed by atoms with Gasteiger partial charge in [0.15, 0.2) is 0 Å². The summed E-state index contributed by atoms with van der Waals surface area (Å²) in [5.41, 5.74) is 1.04. The van der Waals surface area contributed by atoms with Gasteiger partial charge in [-0.3, -0.25) is 0 Å². The standard InChI is InChI=1S/C11H14N2O3/c1-3-12-11(16)13-8-6-4-5-7(2)9(8)10(14)15/h4-6H,3H2,1-2H3,(H,14,15)(H2,12,13,16). The largest absolute Gasteiger partial charge is 0.478 e. The van der Waals surface area contributed by atoms with E-state index in [1.165, 1.54) is 0 Å². The Balaban J connectivity index is 3.00. The average molecular weight is 222 g/mol. The van der Waals surface area contributed by atoms with Crippen molar-refractivity contribution in [1.29, 1.82) is 0 Å². The predicted molar refractivity (Wildman–Crippen MR) is 60.8 cm³/mol. The molecule has 0 aliphatic carbocycles. The summed E-state index contributed by atoms with van der Waals surface area (Å²) < 4.78 is 0. The molecule has 5 heteroatoms. The molecule has 86 valence electrons. The summed E-state index contributed by atoms with van der Waals surface area (Å²) in [6, 6.07) is 4.54. The quantitative estimate of drug-likeness (QED) is 0.730. The van der Waals surface area contributed by atoms with Gasteiger partial charge in [0.05, 0.1) is 11.3 Å². The van der Waals surface area contributed by atoms with Gasteiger partial charge in [0.2, 0.25) is 0 Å². The maximum atomic E-state index is 11.3. The third-order valence-corrected chi connectivity index (χ3v) is 2.07. The van der Waals surface area contributed by atoms with Crippen molar-refractivity contribution in [3.05, 3.63) is 29.3 Å². The smallest absolute Gasteiger partial charge is 0.338 e. The van der Waals surface area contributed by atoms with Crippen molar-refractivity contribution in [2.24, 2.45) is 0 Å². The van der Waals surface area contributed by atoms with Gasteiger partial charge < -0.3 is 15.7 Å². The number of carboxylic acids is 1. The van der Waals surface area contributed by atoms with Crippen LogP contribution in [-0.4, -0.2) is 23.7 Å². The van der Waals surface area contributed by atoms with E-state index in [1.807, 2.05) is 0 Å². The monoisotopic (exact) mass is 222 g/mol. The van der Waals surface area contributed by atoms with E-state index in [0.717, 1.165) is 0 Å². The summed E-state index contributed by atoms with van der Waals surface area (Å²) in [7, 11) is 0. The van der Waals surface area contributed by atoms with Gasteiger partial charge in [0.25, 0.3) is 0 Å². The Morgan fingerprint density at radius 1 is 1.38 bits per heavy atom. The molecule has 2 amide bonds. The highest BCUT2D eigenvalue weighted by molar-refractivity contribution is 6.01. The van der Waals surface area contributed by atoms with E-state index in [2.05, 4.69) is 10.6 Å². The summed E-state index contributed by atoms with van der Waals surface area (Å²) in [5.74, 6) is -1.05. The van der Waals surface area contributed by atoms with E-state index in [1.54, 1.807) is 32.0 Å². The van der Waals surface area contributed by atoms with Crippen molar-refractivity contribution in [3.63, 3.8) is 0 Å². The SMILES string of the molecule is CCNC(=O)Nc1cccc(C)c1C(=O)O. The third-order valence-electron chi connectivity index (χ3n) is 2.07. The van der Waals surface area contributed by atoms with E-state index in [4.69, 9.17) is 5.11 Å². The van der Waals surface area contributed by atoms with E-state index in [9.17, 15) is 9.59 Å². The maximum absolute atomic E-state index is 11.3. The summed E-state index contributed by atoms with van der Waals surface area (Å²) in [6.45, 7) is 3.96. The van der Waals surface area contributed by atoms with Crippen LogP contribution < -0.4 is 10.6 Å². The van der Waals surface area contributed by atoms with E-state index >= 15 is 0 Å². The second-order valence-electron chi connectivity index (χ2n) is 3.29. The number of nitrogens with one attached hydrogen (secondary N) is 2. The first-order valence-corrected chi connectivity index (χ1v) is 4.94. The molecule has 0 aliphatic heterocycles. The lowest BCUT2D eigenvalue weighted by Gasteiger charge is -2.10. The molecule has 0 saturated carbocycles. The molecule has 1 rings (SSSR count). The van der Waals surface area contributed by atoms with Gasteiger partial charge in [0.1, 0.15) is 0 Å². The van der Waals surface area contributed by atoms with Crippen molar-refractivity contribution in [2.45, 2.75) is 13.8 Å². The lowest BCUT2D eigenvalue weighted by atomic mass is 10.1. The number of hydrogen-bond donors (Lipinski definition) is 3. The number of amides is 2. The van der Waals surface area contributed by atoms with Gasteiger partial charge in [-0.2, -0.15) is 0 Å². The Kier molecular flexibility index (Phi) is 3.88. The topological polar surface area (TPSA) is 78.4 Å². The van der Waals surface area contributed by atoms with Crippen LogP contribution >= 0.6 is 0 Å². The Hall–Kier alpha value is -2.04. The van der Waals surface area contributed by atoms with Gasteiger partial charge in [-0.15, -0.1) is 0 Å². The molecule has 0 spiro atoms. The van der Waals surface area contributed by atoms with Crippen molar-refractivity contribution in [3.8, 4) is 0 Å². The predicted octanol–water partition coefficient (Wildman–Crippen LogP) is 1.83. The molecule has 0 aromatic heterocycles. The second-order valence-corrected chi connectivity index (χ2v) is 3.29. The minimum Gasteiger partial charge on any atom is -0.478 e. The number of urea groups is 1. The molecule has 0 unspecified atom stereocenters. The highest BCUT2D eigenvalue weighted by Crippen LogP contribution is 2.19. The van der Waals surface area contributed by atoms with Crippen molar-refractivity contribution < 1.29 is 14.7 Å². The molecular weight excluding hydrogens is 208 g/mol. The Labute approximate surface area is 93.5 Å². The molecule has 3 N–H and O–H groups in total. The van der Waals surface area contributed by atoms with Crippen LogP contribution in [0.4, 0.5) is 10.5 Å². The van der Waals surface area contributed by atoms with Gasteiger partial charge in [-0.05, 0) is 25.5 Å². The Morgan fingerprint density at radius 3 is 2.62 bits per heavy atom. The number of benzene rings is 1. The third kappa shape index (κ3) is 2.73. The van der Waals surface area contributed by atoms with Crippen LogP contribution in [0.2, 0.25) is 0 Å². The van der Waals surface area contributed by atoms with Gasteiger partial charge in [-0.25, -0.2) is 9.59 Å². The minimum absolute atomic E-state index is 0.119. The number of aryl methyl sites for hydroxylation is 1. The lowest BCUT2D eigenvalue weighted by molar-refractivity contribution is 0.0697. The fourth-order valence-corrected chi connectivity index (χ4v) is 1.38. The van der Waals surface area contributed by atoms with Gasteiger partial charge in [-0.1, -0.05) is 12.1 Å². The first-order valence-electron chi connectivity index (χ1n) is 4.94. The van der Waals surface area contributed by atoms with Crippen molar-refractivity contribution >= 4 is 17.7 Å². The first kappa shape index (κ1) is 12.0. The fourth-order valence-electron chi connectivity index (χ4n) is 1.38. The van der Waals surface area contributed by atoms with Crippen LogP contribution in [-0.2, 0) is 0 Å².